The lowest BCUT2D eigenvalue weighted by molar-refractivity contribution is -0.0575. The fraction of sp³-hybridized carbons (Fsp3) is 0.900. The number of hydrogen-bond donors (Lipinski definition) is 1. The minimum atomic E-state index is -0.0273. The highest BCUT2D eigenvalue weighted by molar-refractivity contribution is 5.80. The fourth-order valence-electron chi connectivity index (χ4n) is 1.64. The topological polar surface area (TPSA) is 47.6 Å². The van der Waals surface area contributed by atoms with E-state index in [4.69, 9.17) is 10.5 Å². The second-order valence-corrected chi connectivity index (χ2v) is 4.23. The van der Waals surface area contributed by atoms with Crippen LogP contribution in [0.15, 0.2) is 4.99 Å². The van der Waals surface area contributed by atoms with Crippen LogP contribution in [0.25, 0.3) is 0 Å². The molecule has 13 heavy (non-hydrogen) atoms. The summed E-state index contributed by atoms with van der Waals surface area (Å²) < 4.78 is 5.60. The number of hydrogen-bond acceptors (Lipinski definition) is 2. The number of nitrogens with zero attached hydrogens (tertiary/aromatic N) is 1. The summed E-state index contributed by atoms with van der Waals surface area (Å²) in [5, 5.41) is 0. The molecule has 3 heteroatoms. The van der Waals surface area contributed by atoms with Crippen molar-refractivity contribution in [3.05, 3.63) is 0 Å². The highest BCUT2D eigenvalue weighted by atomic mass is 16.5. The molecule has 0 bridgehead atoms. The largest absolute Gasteiger partial charge is 0.387 e. The van der Waals surface area contributed by atoms with E-state index in [1.165, 1.54) is 0 Å². The number of rotatable bonds is 2. The van der Waals surface area contributed by atoms with Crippen LogP contribution in [0.4, 0.5) is 0 Å². The van der Waals surface area contributed by atoms with Gasteiger partial charge >= 0.3 is 0 Å². The average molecular weight is 184 g/mol. The summed E-state index contributed by atoms with van der Waals surface area (Å²) >= 11 is 0. The van der Waals surface area contributed by atoms with Gasteiger partial charge in [0.15, 0.2) is 0 Å². The molecule has 1 fully saturated rings. The third-order valence-electron chi connectivity index (χ3n) is 2.38. The van der Waals surface area contributed by atoms with Crippen molar-refractivity contribution in [3.63, 3.8) is 0 Å². The zero-order chi connectivity index (χ0) is 9.90. The van der Waals surface area contributed by atoms with E-state index in [1.807, 2.05) is 6.92 Å². The van der Waals surface area contributed by atoms with Gasteiger partial charge in [-0.1, -0.05) is 6.92 Å². The predicted molar refractivity (Wildman–Crippen MR) is 55.0 cm³/mol. The van der Waals surface area contributed by atoms with Gasteiger partial charge in [0, 0.05) is 13.0 Å². The van der Waals surface area contributed by atoms with Crippen LogP contribution in [-0.2, 0) is 4.74 Å². The third-order valence-corrected chi connectivity index (χ3v) is 2.38. The Kier molecular flexibility index (Phi) is 3.31. The maximum absolute atomic E-state index is 5.70. The Labute approximate surface area is 80.4 Å². The van der Waals surface area contributed by atoms with Gasteiger partial charge in [-0.3, -0.25) is 4.99 Å². The molecular weight excluding hydrogens is 164 g/mol. The summed E-state index contributed by atoms with van der Waals surface area (Å²) in [5.74, 6) is 0.766. The Balaban J connectivity index is 2.52. The van der Waals surface area contributed by atoms with Crippen molar-refractivity contribution >= 4 is 5.84 Å². The smallest absolute Gasteiger partial charge is 0.0937 e. The van der Waals surface area contributed by atoms with Gasteiger partial charge in [-0.25, -0.2) is 0 Å². The Morgan fingerprint density at radius 3 is 2.85 bits per heavy atom. The van der Waals surface area contributed by atoms with Gasteiger partial charge in [0.25, 0.3) is 0 Å². The zero-order valence-electron chi connectivity index (χ0n) is 8.84. The molecule has 0 amide bonds. The summed E-state index contributed by atoms with van der Waals surface area (Å²) in [6.45, 7) is 7.05. The van der Waals surface area contributed by atoms with Gasteiger partial charge in [-0.2, -0.15) is 0 Å². The second-order valence-electron chi connectivity index (χ2n) is 4.23. The molecule has 1 heterocycles. The number of amidine groups is 1. The Morgan fingerprint density at radius 1 is 1.62 bits per heavy atom. The molecule has 0 aliphatic carbocycles. The van der Waals surface area contributed by atoms with E-state index in [2.05, 4.69) is 18.8 Å². The molecule has 1 saturated heterocycles. The van der Waals surface area contributed by atoms with Crippen molar-refractivity contribution in [1.29, 1.82) is 0 Å². The van der Waals surface area contributed by atoms with Crippen molar-refractivity contribution in [3.8, 4) is 0 Å². The molecule has 0 aromatic rings. The number of nitrogens with two attached hydrogens (primary N) is 1. The zero-order valence-corrected chi connectivity index (χ0v) is 8.84. The Morgan fingerprint density at radius 2 is 2.31 bits per heavy atom. The minimum absolute atomic E-state index is 0.0273. The van der Waals surface area contributed by atoms with Crippen molar-refractivity contribution in [2.45, 2.75) is 51.7 Å². The van der Waals surface area contributed by atoms with Crippen molar-refractivity contribution in [2.24, 2.45) is 10.7 Å². The monoisotopic (exact) mass is 184 g/mol. The van der Waals surface area contributed by atoms with Crippen LogP contribution in [0.1, 0.15) is 40.0 Å². The maximum Gasteiger partial charge on any atom is 0.0937 e. The molecule has 1 rings (SSSR count). The van der Waals surface area contributed by atoms with E-state index in [0.717, 1.165) is 31.7 Å². The van der Waals surface area contributed by atoms with E-state index >= 15 is 0 Å². The highest BCUT2D eigenvalue weighted by Crippen LogP contribution is 2.25. The van der Waals surface area contributed by atoms with Crippen LogP contribution in [-0.4, -0.2) is 24.1 Å². The van der Waals surface area contributed by atoms with Crippen LogP contribution >= 0.6 is 0 Å². The first-order valence-electron chi connectivity index (χ1n) is 4.99. The van der Waals surface area contributed by atoms with Gasteiger partial charge in [-0.15, -0.1) is 0 Å². The van der Waals surface area contributed by atoms with Crippen LogP contribution < -0.4 is 5.73 Å². The van der Waals surface area contributed by atoms with Crippen molar-refractivity contribution in [2.75, 3.05) is 6.61 Å². The van der Waals surface area contributed by atoms with E-state index in [0.29, 0.717) is 6.04 Å². The molecule has 0 spiro atoms. The Hall–Kier alpha value is -0.570. The first-order chi connectivity index (χ1) is 6.03. The molecule has 2 N–H and O–H groups in total. The van der Waals surface area contributed by atoms with E-state index in [9.17, 15) is 0 Å². The number of aliphatic imine (C=N–C) groups is 1. The first kappa shape index (κ1) is 10.5. The summed E-state index contributed by atoms with van der Waals surface area (Å²) in [6, 6.07) is 0.365. The molecule has 1 unspecified atom stereocenters. The van der Waals surface area contributed by atoms with E-state index in [1.54, 1.807) is 0 Å². The summed E-state index contributed by atoms with van der Waals surface area (Å²) in [5.41, 5.74) is 5.67. The lowest BCUT2D eigenvalue weighted by atomic mass is 9.94. The lowest BCUT2D eigenvalue weighted by Crippen LogP contribution is -2.36. The van der Waals surface area contributed by atoms with Crippen LogP contribution in [0.5, 0.6) is 0 Å². The summed E-state index contributed by atoms with van der Waals surface area (Å²) in [4.78, 5) is 4.46. The molecule has 1 aliphatic rings. The van der Waals surface area contributed by atoms with E-state index < -0.39 is 0 Å². The third kappa shape index (κ3) is 3.35. The molecular formula is C10H20N2O. The fourth-order valence-corrected chi connectivity index (χ4v) is 1.64. The van der Waals surface area contributed by atoms with Gasteiger partial charge in [0.2, 0.25) is 0 Å². The minimum Gasteiger partial charge on any atom is -0.387 e. The maximum atomic E-state index is 5.70. The summed E-state index contributed by atoms with van der Waals surface area (Å²) in [6.07, 6.45) is 2.83. The predicted octanol–water partition coefficient (Wildman–Crippen LogP) is 1.71. The van der Waals surface area contributed by atoms with Crippen LogP contribution in [0, 0.1) is 0 Å². The second kappa shape index (κ2) is 4.09. The molecule has 76 valence electrons. The Bertz CT molecular complexity index is 199. The highest BCUT2D eigenvalue weighted by Gasteiger charge is 2.28. The molecule has 1 aliphatic heterocycles. The van der Waals surface area contributed by atoms with Crippen LogP contribution in [0.3, 0.4) is 0 Å². The molecule has 3 nitrogen and oxygen atoms in total. The lowest BCUT2D eigenvalue weighted by Gasteiger charge is -2.33. The summed E-state index contributed by atoms with van der Waals surface area (Å²) in [7, 11) is 0. The molecule has 0 saturated carbocycles. The molecule has 0 radical (unpaired) electrons. The quantitative estimate of drug-likeness (QED) is 0.524. The average Bonchev–Trinajstić information content (AvgIpc) is 2.02. The normalized spacial score (nSPS) is 28.8. The SMILES string of the molecule is CCC(N)=NC1CCOC(C)(C)C1. The molecule has 0 aromatic carbocycles. The molecule has 1 atom stereocenters. The molecule has 0 aromatic heterocycles. The van der Waals surface area contributed by atoms with Gasteiger partial charge in [-0.05, 0) is 26.7 Å². The van der Waals surface area contributed by atoms with Gasteiger partial charge in [0.1, 0.15) is 0 Å². The number of ether oxygens (including phenoxy) is 1. The van der Waals surface area contributed by atoms with E-state index in [-0.39, 0.29) is 5.60 Å². The van der Waals surface area contributed by atoms with Crippen LogP contribution in [0.2, 0.25) is 0 Å². The van der Waals surface area contributed by atoms with Gasteiger partial charge in [0.05, 0.1) is 17.5 Å². The van der Waals surface area contributed by atoms with Crippen molar-refractivity contribution < 1.29 is 4.74 Å². The van der Waals surface area contributed by atoms with Crippen molar-refractivity contribution in [1.82, 2.24) is 0 Å². The van der Waals surface area contributed by atoms with Gasteiger partial charge < -0.3 is 10.5 Å². The standard InChI is InChI=1S/C10H20N2O/c1-4-9(11)12-8-5-6-13-10(2,3)7-8/h8H,4-7H2,1-3H3,(H2,11,12). The first-order valence-corrected chi connectivity index (χ1v) is 4.99.